The van der Waals surface area contributed by atoms with Crippen molar-refractivity contribution in [3.05, 3.63) is 95.2 Å². The number of carbonyl (C=O) groups excluding carboxylic acids is 2. The van der Waals surface area contributed by atoms with Gasteiger partial charge in [-0.15, -0.1) is 0 Å². The largest absolute Gasteiger partial charge is 0.493 e. The van der Waals surface area contributed by atoms with Crippen molar-refractivity contribution >= 4 is 28.2 Å². The van der Waals surface area contributed by atoms with Crippen LogP contribution in [0.1, 0.15) is 39.6 Å². The number of hydrogen-bond donors (Lipinski definition) is 2. The normalized spacial score (nSPS) is 17.4. The van der Waals surface area contributed by atoms with Crippen molar-refractivity contribution in [2.24, 2.45) is 5.73 Å². The van der Waals surface area contributed by atoms with Gasteiger partial charge in [0.05, 0.1) is 12.2 Å². The minimum absolute atomic E-state index is 0.137. The number of rotatable bonds is 5. The number of amides is 2. The molecule has 0 spiro atoms. The van der Waals surface area contributed by atoms with Crippen LogP contribution in [0, 0.1) is 0 Å². The zero-order valence-electron chi connectivity index (χ0n) is 18.4. The average molecular weight is 440 g/mol. The molecule has 0 radical (unpaired) electrons. The molecule has 5 rings (SSSR count). The molecule has 0 aliphatic carbocycles. The van der Waals surface area contributed by atoms with Crippen LogP contribution < -0.4 is 15.8 Å². The second-order valence-electron chi connectivity index (χ2n) is 8.10. The number of fused-ring (bicyclic) bond motifs is 2. The van der Waals surface area contributed by atoms with E-state index in [1.807, 2.05) is 61.7 Å². The number of benzene rings is 3. The lowest BCUT2D eigenvalue weighted by Gasteiger charge is -2.29. The highest BCUT2D eigenvalue weighted by Crippen LogP contribution is 2.39. The van der Waals surface area contributed by atoms with E-state index in [4.69, 9.17) is 10.5 Å². The van der Waals surface area contributed by atoms with Crippen LogP contribution in [0.2, 0.25) is 0 Å². The maximum Gasteiger partial charge on any atom is 0.263 e. The molecule has 0 saturated heterocycles. The lowest BCUT2D eigenvalue weighted by molar-refractivity contribution is 0.0776. The van der Waals surface area contributed by atoms with Crippen molar-refractivity contribution in [1.82, 2.24) is 10.2 Å². The molecular formula is C27H25N3O3. The van der Waals surface area contributed by atoms with Crippen LogP contribution >= 0.6 is 0 Å². The molecule has 2 amide bonds. The second-order valence-corrected chi connectivity index (χ2v) is 8.10. The van der Waals surface area contributed by atoms with E-state index in [0.717, 1.165) is 40.4 Å². The first kappa shape index (κ1) is 21.0. The minimum atomic E-state index is -0.479. The molecular weight excluding hydrogens is 414 g/mol. The summed E-state index contributed by atoms with van der Waals surface area (Å²) in [5.74, 6) is -0.0467. The summed E-state index contributed by atoms with van der Waals surface area (Å²) < 4.78 is 5.86. The number of nitrogens with one attached hydrogen (secondary N) is 1. The van der Waals surface area contributed by atoms with E-state index in [1.165, 1.54) is 0 Å². The smallest absolute Gasteiger partial charge is 0.263 e. The zero-order chi connectivity index (χ0) is 22.9. The number of nitrogens with zero attached hydrogens (tertiary/aromatic N) is 1. The third kappa shape index (κ3) is 3.68. The fourth-order valence-corrected chi connectivity index (χ4v) is 4.60. The molecule has 2 heterocycles. The fourth-order valence-electron chi connectivity index (χ4n) is 4.60. The molecule has 6 heteroatoms. The molecule has 1 atom stereocenters. The van der Waals surface area contributed by atoms with Crippen LogP contribution in [0.5, 0.6) is 5.75 Å². The predicted molar refractivity (Wildman–Crippen MR) is 129 cm³/mol. The SMILES string of the molecule is CCOc1ccc2ccccc2c1C(=O)N1C=C(c2cccc(C(N)=O)c2)C2=CCCNC21. The first-order valence-corrected chi connectivity index (χ1v) is 11.1. The fraction of sp³-hybridized carbons (Fsp3) is 0.185. The first-order valence-electron chi connectivity index (χ1n) is 11.1. The Morgan fingerprint density at radius 2 is 1.97 bits per heavy atom. The maximum absolute atomic E-state index is 14.0. The molecule has 1 unspecified atom stereocenters. The Morgan fingerprint density at radius 3 is 2.79 bits per heavy atom. The van der Waals surface area contributed by atoms with Crippen molar-refractivity contribution in [3.63, 3.8) is 0 Å². The lowest BCUT2D eigenvalue weighted by atomic mass is 9.95. The van der Waals surface area contributed by atoms with Gasteiger partial charge in [-0.3, -0.25) is 19.8 Å². The van der Waals surface area contributed by atoms with Crippen LogP contribution in [0.3, 0.4) is 0 Å². The molecule has 6 nitrogen and oxygen atoms in total. The van der Waals surface area contributed by atoms with Gasteiger partial charge in [0.1, 0.15) is 11.9 Å². The van der Waals surface area contributed by atoms with E-state index in [2.05, 4.69) is 11.4 Å². The molecule has 166 valence electrons. The number of carbonyl (C=O) groups is 2. The highest BCUT2D eigenvalue weighted by molar-refractivity contribution is 6.11. The van der Waals surface area contributed by atoms with E-state index >= 15 is 0 Å². The summed E-state index contributed by atoms with van der Waals surface area (Å²) in [4.78, 5) is 27.5. The molecule has 3 aromatic rings. The summed E-state index contributed by atoms with van der Waals surface area (Å²) >= 11 is 0. The van der Waals surface area contributed by atoms with E-state index in [1.54, 1.807) is 17.0 Å². The maximum atomic E-state index is 14.0. The van der Waals surface area contributed by atoms with Gasteiger partial charge in [0, 0.05) is 23.9 Å². The summed E-state index contributed by atoms with van der Waals surface area (Å²) in [6.07, 6.45) is 4.60. The van der Waals surface area contributed by atoms with Gasteiger partial charge in [-0.1, -0.05) is 48.5 Å². The Bertz CT molecular complexity index is 1330. The van der Waals surface area contributed by atoms with Crippen molar-refractivity contribution < 1.29 is 14.3 Å². The summed E-state index contributed by atoms with van der Waals surface area (Å²) in [6, 6.07) is 18.9. The Balaban J connectivity index is 1.64. The van der Waals surface area contributed by atoms with Gasteiger partial charge in [-0.05, 0) is 53.5 Å². The lowest BCUT2D eigenvalue weighted by Crippen LogP contribution is -2.46. The average Bonchev–Trinajstić information content (AvgIpc) is 3.23. The van der Waals surface area contributed by atoms with Gasteiger partial charge in [-0.2, -0.15) is 0 Å². The monoisotopic (exact) mass is 439 g/mol. The molecule has 0 aromatic heterocycles. The van der Waals surface area contributed by atoms with Gasteiger partial charge in [-0.25, -0.2) is 0 Å². The predicted octanol–water partition coefficient (Wildman–Crippen LogP) is 4.08. The van der Waals surface area contributed by atoms with Crippen LogP contribution in [0.15, 0.2) is 78.5 Å². The number of primary amides is 1. The van der Waals surface area contributed by atoms with Crippen molar-refractivity contribution in [2.45, 2.75) is 19.5 Å². The van der Waals surface area contributed by atoms with Gasteiger partial charge in [0.25, 0.3) is 5.91 Å². The highest BCUT2D eigenvalue weighted by atomic mass is 16.5. The van der Waals surface area contributed by atoms with Gasteiger partial charge in [0.2, 0.25) is 5.91 Å². The molecule has 3 aromatic carbocycles. The molecule has 0 bridgehead atoms. The quantitative estimate of drug-likeness (QED) is 0.627. The minimum Gasteiger partial charge on any atom is -0.493 e. The van der Waals surface area contributed by atoms with Gasteiger partial charge in [0.15, 0.2) is 0 Å². The number of nitrogens with two attached hydrogens (primary N) is 1. The van der Waals surface area contributed by atoms with E-state index in [0.29, 0.717) is 23.5 Å². The third-order valence-electron chi connectivity index (χ3n) is 6.10. The number of ether oxygens (including phenoxy) is 1. The molecule has 2 aliphatic rings. The van der Waals surface area contributed by atoms with E-state index < -0.39 is 5.91 Å². The van der Waals surface area contributed by atoms with Gasteiger partial charge < -0.3 is 10.5 Å². The Hall–Kier alpha value is -3.90. The van der Waals surface area contributed by atoms with E-state index in [-0.39, 0.29) is 12.1 Å². The van der Waals surface area contributed by atoms with Crippen molar-refractivity contribution in [2.75, 3.05) is 13.2 Å². The molecule has 33 heavy (non-hydrogen) atoms. The third-order valence-corrected chi connectivity index (χ3v) is 6.10. The van der Waals surface area contributed by atoms with Crippen molar-refractivity contribution in [1.29, 1.82) is 0 Å². The zero-order valence-corrected chi connectivity index (χ0v) is 18.4. The summed E-state index contributed by atoms with van der Waals surface area (Å²) in [7, 11) is 0. The Morgan fingerprint density at radius 1 is 1.12 bits per heavy atom. The summed E-state index contributed by atoms with van der Waals surface area (Å²) in [5, 5.41) is 5.31. The Labute approximate surface area is 192 Å². The van der Waals surface area contributed by atoms with Crippen molar-refractivity contribution in [3.8, 4) is 5.75 Å². The summed E-state index contributed by atoms with van der Waals surface area (Å²) in [5.41, 5.74) is 9.26. The first-order chi connectivity index (χ1) is 16.1. The molecule has 3 N–H and O–H groups in total. The van der Waals surface area contributed by atoms with Gasteiger partial charge >= 0.3 is 0 Å². The Kier molecular flexibility index (Phi) is 5.44. The van der Waals surface area contributed by atoms with Crippen LogP contribution in [0.25, 0.3) is 16.3 Å². The molecule has 2 aliphatic heterocycles. The van der Waals surface area contributed by atoms with E-state index in [9.17, 15) is 9.59 Å². The topological polar surface area (TPSA) is 84.7 Å². The number of hydrogen-bond acceptors (Lipinski definition) is 4. The second kappa shape index (κ2) is 8.56. The van der Waals surface area contributed by atoms with Crippen LogP contribution in [-0.2, 0) is 0 Å². The van der Waals surface area contributed by atoms with Crippen LogP contribution in [0.4, 0.5) is 0 Å². The van der Waals surface area contributed by atoms with Crippen LogP contribution in [-0.4, -0.2) is 36.0 Å². The standard InChI is InChI=1S/C27H25N3O3/c1-2-33-23-13-12-17-7-3-4-10-20(17)24(23)27(32)30-16-22(21-11-6-14-29-26(21)30)18-8-5-9-19(15-18)25(28)31/h3-5,7-13,15-16,26,29H,2,6,14H2,1H3,(H2,28,31). The highest BCUT2D eigenvalue weighted by Gasteiger charge is 2.37. The molecule has 0 saturated carbocycles. The summed E-state index contributed by atoms with van der Waals surface area (Å²) in [6.45, 7) is 3.15. The molecule has 0 fully saturated rings.